The Labute approximate surface area is 212 Å². The first kappa shape index (κ1) is 24.5. The molecule has 0 spiro atoms. The third kappa shape index (κ3) is 4.66. The highest BCUT2D eigenvalue weighted by Gasteiger charge is 2.22. The quantitative estimate of drug-likeness (QED) is 0.403. The normalized spacial score (nSPS) is 13.9. The van der Waals surface area contributed by atoms with Crippen molar-refractivity contribution in [3.8, 4) is 0 Å². The van der Waals surface area contributed by atoms with Crippen molar-refractivity contribution in [3.05, 3.63) is 74.4 Å². The van der Waals surface area contributed by atoms with Crippen LogP contribution in [0.2, 0.25) is 0 Å². The van der Waals surface area contributed by atoms with Crippen molar-refractivity contribution in [2.45, 2.75) is 65.1 Å². The lowest BCUT2D eigenvalue weighted by molar-refractivity contribution is -0.117. The predicted molar refractivity (Wildman–Crippen MR) is 141 cm³/mol. The Kier molecular flexibility index (Phi) is 6.64. The molecule has 0 bridgehead atoms. The highest BCUT2D eigenvalue weighted by atomic mass is 16.2. The molecule has 1 aliphatic carbocycles. The van der Waals surface area contributed by atoms with E-state index in [0.29, 0.717) is 35.1 Å². The van der Waals surface area contributed by atoms with E-state index in [1.807, 2.05) is 32.0 Å². The third-order valence-electron chi connectivity index (χ3n) is 6.89. The summed E-state index contributed by atoms with van der Waals surface area (Å²) >= 11 is 0. The van der Waals surface area contributed by atoms with Crippen molar-refractivity contribution < 1.29 is 9.59 Å². The van der Waals surface area contributed by atoms with Crippen LogP contribution in [0.1, 0.15) is 54.9 Å². The van der Waals surface area contributed by atoms with Crippen LogP contribution in [0.15, 0.2) is 52.1 Å². The summed E-state index contributed by atoms with van der Waals surface area (Å²) in [5.74, 6) is -0.510. The number of benzene rings is 2. The second kappa shape index (κ2) is 10.0. The molecule has 192 valence electrons. The van der Waals surface area contributed by atoms with Crippen molar-refractivity contribution in [2.24, 2.45) is 0 Å². The minimum Gasteiger partial charge on any atom is -0.349 e. The van der Waals surface area contributed by atoms with E-state index >= 15 is 0 Å². The molecule has 0 aliphatic heterocycles. The van der Waals surface area contributed by atoms with Gasteiger partial charge in [-0.15, -0.1) is 5.10 Å². The van der Waals surface area contributed by atoms with Gasteiger partial charge >= 0.3 is 5.69 Å². The third-order valence-corrected chi connectivity index (χ3v) is 6.89. The summed E-state index contributed by atoms with van der Waals surface area (Å²) in [5.41, 5.74) is 1.35. The number of para-hydroxylation sites is 1. The molecule has 0 saturated heterocycles. The number of nitrogens with one attached hydrogen (secondary N) is 2. The summed E-state index contributed by atoms with van der Waals surface area (Å²) < 4.78 is 3.82. The second-order valence-corrected chi connectivity index (χ2v) is 9.58. The number of nitrogens with zero attached hydrogens (tertiary/aromatic N) is 4. The Morgan fingerprint density at radius 1 is 1.08 bits per heavy atom. The van der Waals surface area contributed by atoms with E-state index in [0.717, 1.165) is 35.9 Å². The fourth-order valence-corrected chi connectivity index (χ4v) is 4.96. The molecule has 5 rings (SSSR count). The minimum absolute atomic E-state index is 0.137. The fourth-order valence-electron chi connectivity index (χ4n) is 4.96. The van der Waals surface area contributed by atoms with Gasteiger partial charge in [-0.25, -0.2) is 13.9 Å². The lowest BCUT2D eigenvalue weighted by Crippen LogP contribution is -2.33. The maximum Gasteiger partial charge on any atom is 0.352 e. The molecule has 1 fully saturated rings. The molecule has 0 atom stereocenters. The number of anilines is 1. The lowest BCUT2D eigenvalue weighted by atomic mass is 10.1. The number of fused-ring (bicyclic) bond motifs is 3. The second-order valence-electron chi connectivity index (χ2n) is 9.58. The standard InChI is InChI=1S/C27H30N6O4/c1-3-14-31-25(36)20-13-12-18(24(35)28-19-9-5-6-10-19)15-22(20)33-26(31)30-32(27(33)37)16-23(34)29-21-11-7-4-8-17(21)2/h4,7-8,11-13,15,19H,3,5-6,9-10,14,16H2,1-2H3,(H,28,35)(H,29,34). The van der Waals surface area contributed by atoms with Crippen molar-refractivity contribution in [2.75, 3.05) is 5.32 Å². The van der Waals surface area contributed by atoms with E-state index in [4.69, 9.17) is 0 Å². The number of aromatic nitrogens is 4. The number of aryl methyl sites for hydroxylation is 2. The maximum absolute atomic E-state index is 13.5. The summed E-state index contributed by atoms with van der Waals surface area (Å²) in [6.07, 6.45) is 4.72. The topological polar surface area (TPSA) is 120 Å². The number of rotatable bonds is 7. The summed E-state index contributed by atoms with van der Waals surface area (Å²) in [6, 6.07) is 12.2. The average molecular weight is 503 g/mol. The molecule has 2 N–H and O–H groups in total. The molecular weight excluding hydrogens is 472 g/mol. The number of hydrogen-bond acceptors (Lipinski definition) is 5. The largest absolute Gasteiger partial charge is 0.352 e. The summed E-state index contributed by atoms with van der Waals surface area (Å²) in [5, 5.41) is 10.5. The molecule has 2 heterocycles. The van der Waals surface area contributed by atoms with E-state index in [1.165, 1.54) is 8.97 Å². The Bertz CT molecular complexity index is 1620. The monoisotopic (exact) mass is 502 g/mol. The Morgan fingerprint density at radius 2 is 1.84 bits per heavy atom. The summed E-state index contributed by atoms with van der Waals surface area (Å²) in [7, 11) is 0. The fraction of sp³-hybridized carbons (Fsp3) is 0.370. The van der Waals surface area contributed by atoms with Gasteiger partial charge in [0.2, 0.25) is 11.7 Å². The van der Waals surface area contributed by atoms with Crippen molar-refractivity contribution in [1.29, 1.82) is 0 Å². The lowest BCUT2D eigenvalue weighted by Gasteiger charge is -2.13. The van der Waals surface area contributed by atoms with Crippen LogP contribution >= 0.6 is 0 Å². The first-order valence-corrected chi connectivity index (χ1v) is 12.7. The smallest absolute Gasteiger partial charge is 0.349 e. The van der Waals surface area contributed by atoms with Crippen LogP contribution in [0.4, 0.5) is 5.69 Å². The molecule has 4 aromatic rings. The van der Waals surface area contributed by atoms with Crippen LogP contribution in [-0.4, -0.2) is 36.6 Å². The van der Waals surface area contributed by atoms with Gasteiger partial charge in [-0.2, -0.15) is 0 Å². The molecule has 10 nitrogen and oxygen atoms in total. The van der Waals surface area contributed by atoms with E-state index < -0.39 is 11.6 Å². The van der Waals surface area contributed by atoms with Crippen LogP contribution in [0.25, 0.3) is 16.7 Å². The maximum atomic E-state index is 13.5. The van der Waals surface area contributed by atoms with E-state index in [-0.39, 0.29) is 29.8 Å². The Morgan fingerprint density at radius 3 is 2.57 bits per heavy atom. The highest BCUT2D eigenvalue weighted by molar-refractivity contribution is 5.98. The zero-order valence-electron chi connectivity index (χ0n) is 21.0. The van der Waals surface area contributed by atoms with Gasteiger partial charge in [-0.1, -0.05) is 38.0 Å². The SMILES string of the molecule is CCCn1c(=O)c2ccc(C(=O)NC3CCCC3)cc2n2c(=O)n(CC(=O)Nc3ccccc3C)nc12. The molecule has 2 aromatic heterocycles. The molecular formula is C27H30N6O4. The Hall–Kier alpha value is -4.21. The van der Waals surface area contributed by atoms with Crippen LogP contribution < -0.4 is 21.9 Å². The zero-order valence-corrected chi connectivity index (χ0v) is 21.0. The van der Waals surface area contributed by atoms with Crippen molar-refractivity contribution in [1.82, 2.24) is 24.1 Å². The molecule has 37 heavy (non-hydrogen) atoms. The molecule has 1 saturated carbocycles. The molecule has 2 amide bonds. The number of amides is 2. The first-order chi connectivity index (χ1) is 17.9. The van der Waals surface area contributed by atoms with E-state index in [9.17, 15) is 19.2 Å². The molecule has 0 radical (unpaired) electrons. The summed E-state index contributed by atoms with van der Waals surface area (Å²) in [6.45, 7) is 3.84. The molecule has 10 heteroatoms. The van der Waals surface area contributed by atoms with Crippen LogP contribution in [0.5, 0.6) is 0 Å². The van der Waals surface area contributed by atoms with Crippen molar-refractivity contribution >= 4 is 34.2 Å². The van der Waals surface area contributed by atoms with Gasteiger partial charge in [0.15, 0.2) is 0 Å². The van der Waals surface area contributed by atoms with Gasteiger partial charge in [-0.3, -0.25) is 19.0 Å². The van der Waals surface area contributed by atoms with E-state index in [1.54, 1.807) is 24.3 Å². The summed E-state index contributed by atoms with van der Waals surface area (Å²) in [4.78, 5) is 52.5. The van der Waals surface area contributed by atoms with Gasteiger partial charge in [0.1, 0.15) is 6.54 Å². The minimum atomic E-state index is -0.557. The van der Waals surface area contributed by atoms with Gasteiger partial charge in [0, 0.05) is 23.8 Å². The van der Waals surface area contributed by atoms with Crippen LogP contribution in [-0.2, 0) is 17.9 Å². The number of carbonyl (C=O) groups is 2. The Balaban J connectivity index is 1.57. The van der Waals surface area contributed by atoms with Gasteiger partial charge in [-0.05, 0) is 56.0 Å². The molecule has 2 aromatic carbocycles. The average Bonchev–Trinajstić information content (AvgIpc) is 3.50. The van der Waals surface area contributed by atoms with E-state index in [2.05, 4.69) is 15.7 Å². The highest BCUT2D eigenvalue weighted by Crippen LogP contribution is 2.19. The van der Waals surface area contributed by atoms with Crippen LogP contribution in [0, 0.1) is 6.92 Å². The van der Waals surface area contributed by atoms with Gasteiger partial charge in [0.05, 0.1) is 10.9 Å². The van der Waals surface area contributed by atoms with Crippen molar-refractivity contribution in [3.63, 3.8) is 0 Å². The molecule has 0 unspecified atom stereocenters. The van der Waals surface area contributed by atoms with Gasteiger partial charge in [0.25, 0.3) is 11.5 Å². The first-order valence-electron chi connectivity index (χ1n) is 12.7. The van der Waals surface area contributed by atoms with Gasteiger partial charge < -0.3 is 10.6 Å². The molecule has 1 aliphatic rings. The number of carbonyl (C=O) groups excluding carboxylic acids is 2. The zero-order chi connectivity index (χ0) is 26.1. The predicted octanol–water partition coefficient (Wildman–Crippen LogP) is 2.84. The van der Waals surface area contributed by atoms with Crippen LogP contribution in [0.3, 0.4) is 0 Å². The number of hydrogen-bond donors (Lipinski definition) is 2.